The van der Waals surface area contributed by atoms with Gasteiger partial charge in [-0.05, 0) is 92.3 Å². The molecular weight excluding hydrogens is 816 g/mol. The van der Waals surface area contributed by atoms with Crippen molar-refractivity contribution in [3.8, 4) is 11.1 Å². The largest absolute Gasteiger partial charge is 0.376 e. The molecule has 15 heteroatoms. The smallest absolute Gasteiger partial charge is 0.293 e. The van der Waals surface area contributed by atoms with Crippen molar-refractivity contribution in [3.63, 3.8) is 0 Å². The molecule has 6 aromatic rings. The molecule has 2 heterocycles. The second-order valence-electron chi connectivity index (χ2n) is 14.2. The zero-order chi connectivity index (χ0) is 39.2. The van der Waals surface area contributed by atoms with E-state index in [0.717, 1.165) is 60.3 Å². The normalized spacial score (nSPS) is 13.2. The SMILES string of the molecule is CN(C)CC[C@H](CSc1ccccc1)Nc1ccc(S(=O)(=O)NC(=O)c2ccc3c(c2)cc2n3CCN(Cc3ccccc3-c3ccccc3)C2)cc1[N+](=O)[O-].Cl.Cl. The molecule has 0 fully saturated rings. The summed E-state index contributed by atoms with van der Waals surface area (Å²) in [6.07, 6.45) is 0.705. The van der Waals surface area contributed by atoms with Crippen LogP contribution in [0.5, 0.6) is 0 Å². The van der Waals surface area contributed by atoms with Gasteiger partial charge in [0.05, 0.1) is 9.82 Å². The lowest BCUT2D eigenvalue weighted by Crippen LogP contribution is -2.33. The fourth-order valence-corrected chi connectivity index (χ4v) is 9.07. The lowest BCUT2D eigenvalue weighted by molar-refractivity contribution is -0.384. The van der Waals surface area contributed by atoms with E-state index in [1.165, 1.54) is 28.8 Å². The van der Waals surface area contributed by atoms with Gasteiger partial charge in [0.1, 0.15) is 5.69 Å². The number of thioether (sulfide) groups is 1. The van der Waals surface area contributed by atoms with E-state index in [9.17, 15) is 23.3 Å². The van der Waals surface area contributed by atoms with Gasteiger partial charge < -0.3 is 14.8 Å². The lowest BCUT2D eigenvalue weighted by atomic mass is 9.99. The monoisotopic (exact) mass is 860 g/mol. The molecule has 2 N–H and O–H groups in total. The predicted octanol–water partition coefficient (Wildman–Crippen LogP) is 8.72. The summed E-state index contributed by atoms with van der Waals surface area (Å²) in [7, 11) is -0.523. The van der Waals surface area contributed by atoms with Crippen LogP contribution in [0.15, 0.2) is 137 Å². The molecule has 1 atom stereocenters. The first-order valence-corrected chi connectivity index (χ1v) is 20.9. The number of carbonyl (C=O) groups excluding carboxylic acids is 1. The van der Waals surface area contributed by atoms with E-state index >= 15 is 0 Å². The first-order chi connectivity index (χ1) is 27.0. The Morgan fingerprint density at radius 2 is 1.59 bits per heavy atom. The predicted molar refractivity (Wildman–Crippen MR) is 238 cm³/mol. The van der Waals surface area contributed by atoms with E-state index in [1.54, 1.807) is 23.9 Å². The Labute approximate surface area is 355 Å². The molecule has 5 aromatic carbocycles. The molecule has 1 aliphatic rings. The topological polar surface area (TPSA) is 130 Å². The summed E-state index contributed by atoms with van der Waals surface area (Å²) in [5, 5.41) is 16.3. The summed E-state index contributed by atoms with van der Waals surface area (Å²) >= 11 is 1.64. The summed E-state index contributed by atoms with van der Waals surface area (Å²) < 4.78 is 31.4. The minimum absolute atomic E-state index is 0. The third kappa shape index (κ3) is 10.6. The maximum atomic E-state index is 13.5. The molecule has 0 unspecified atom stereocenters. The molecule has 0 spiro atoms. The second kappa shape index (κ2) is 19.7. The van der Waals surface area contributed by atoms with Gasteiger partial charge in [-0.1, -0.05) is 72.8 Å². The minimum atomic E-state index is -4.45. The molecule has 1 aliphatic heterocycles. The average molecular weight is 862 g/mol. The summed E-state index contributed by atoms with van der Waals surface area (Å²) in [5.74, 6) is -0.177. The van der Waals surface area contributed by atoms with Crippen molar-refractivity contribution >= 4 is 74.8 Å². The van der Waals surface area contributed by atoms with Crippen LogP contribution in [0.1, 0.15) is 28.0 Å². The van der Waals surface area contributed by atoms with Crippen molar-refractivity contribution in [2.24, 2.45) is 0 Å². The van der Waals surface area contributed by atoms with Crippen LogP contribution in [0.4, 0.5) is 11.4 Å². The Morgan fingerprint density at radius 3 is 2.31 bits per heavy atom. The van der Waals surface area contributed by atoms with Gasteiger partial charge in [0.25, 0.3) is 21.6 Å². The molecule has 0 saturated heterocycles. The lowest BCUT2D eigenvalue weighted by Gasteiger charge is -2.29. The van der Waals surface area contributed by atoms with Gasteiger partial charge in [0.15, 0.2) is 0 Å². The maximum Gasteiger partial charge on any atom is 0.293 e. The molecule has 1 amide bonds. The average Bonchev–Trinajstić information content (AvgIpc) is 3.56. The molecule has 0 radical (unpaired) electrons. The second-order valence-corrected chi connectivity index (χ2v) is 17.0. The van der Waals surface area contributed by atoms with Gasteiger partial charge in [-0.3, -0.25) is 19.8 Å². The van der Waals surface area contributed by atoms with Gasteiger partial charge in [-0.15, -0.1) is 36.6 Å². The van der Waals surface area contributed by atoms with E-state index in [4.69, 9.17) is 0 Å². The summed E-state index contributed by atoms with van der Waals surface area (Å²) in [4.78, 5) is 30.2. The number of nitro benzene ring substituents is 1. The number of benzene rings is 5. The third-order valence-corrected chi connectivity index (χ3v) is 12.5. The zero-order valence-corrected chi connectivity index (χ0v) is 35.4. The number of anilines is 1. The minimum Gasteiger partial charge on any atom is -0.376 e. The van der Waals surface area contributed by atoms with Crippen LogP contribution in [-0.2, 0) is 29.7 Å². The van der Waals surface area contributed by atoms with E-state index in [1.807, 2.05) is 73.6 Å². The van der Waals surface area contributed by atoms with Crippen LogP contribution in [0.25, 0.3) is 22.0 Å². The number of halogens is 2. The van der Waals surface area contributed by atoms with Crippen molar-refractivity contribution in [2.45, 2.75) is 41.9 Å². The Morgan fingerprint density at radius 1 is 0.879 bits per heavy atom. The highest BCUT2D eigenvalue weighted by Crippen LogP contribution is 2.32. The summed E-state index contributed by atoms with van der Waals surface area (Å²) in [6, 6.07) is 39.5. The Balaban J connectivity index is 0.00000320. The van der Waals surface area contributed by atoms with Crippen LogP contribution in [0, 0.1) is 10.1 Å². The number of rotatable bonds is 15. The van der Waals surface area contributed by atoms with Crippen LogP contribution >= 0.6 is 36.6 Å². The molecule has 58 heavy (non-hydrogen) atoms. The van der Waals surface area contributed by atoms with Gasteiger partial charge in [-0.25, -0.2) is 13.1 Å². The van der Waals surface area contributed by atoms with Crippen molar-refractivity contribution in [3.05, 3.63) is 154 Å². The first kappa shape index (κ1) is 44.2. The number of sulfonamides is 1. The van der Waals surface area contributed by atoms with Gasteiger partial charge in [-0.2, -0.15) is 0 Å². The maximum absolute atomic E-state index is 13.5. The summed E-state index contributed by atoms with van der Waals surface area (Å²) in [5.41, 5.74) is 5.71. The molecule has 0 aliphatic carbocycles. The highest BCUT2D eigenvalue weighted by molar-refractivity contribution is 7.99. The Kier molecular flexibility index (Phi) is 15.0. The number of aromatic nitrogens is 1. The fourth-order valence-electron chi connectivity index (χ4n) is 7.08. The number of amides is 1. The van der Waals surface area contributed by atoms with Gasteiger partial charge >= 0.3 is 0 Å². The molecule has 11 nitrogen and oxygen atoms in total. The van der Waals surface area contributed by atoms with Gasteiger partial charge in [0, 0.05) is 71.1 Å². The third-order valence-electron chi connectivity index (χ3n) is 9.95. The molecule has 1 aromatic heterocycles. The molecule has 7 rings (SSSR count). The standard InChI is InChI=1S/C43H44N6O5S2.2ClH/c1-46(2)22-21-35(30-55-37-14-7-4-8-15-37)44-40-19-18-38(27-42(40)49(51)52)56(53,54)45-43(50)32-17-20-41-34(25-32)26-36-29-47(23-24-48(36)41)28-33-13-9-10-16-39(33)31-11-5-3-6-12-31;;/h3-20,25-27,35,44H,21-24,28-30H2,1-2H3,(H,45,50);2*1H/t35-;;/m1../s1. The van der Waals surface area contributed by atoms with E-state index in [0.29, 0.717) is 12.2 Å². The molecule has 0 saturated carbocycles. The highest BCUT2D eigenvalue weighted by atomic mass is 35.5. The molecule has 304 valence electrons. The molecular formula is C43H46Cl2N6O5S2. The summed E-state index contributed by atoms with van der Waals surface area (Å²) in [6.45, 7) is 3.89. The van der Waals surface area contributed by atoms with Crippen molar-refractivity contribution in [1.29, 1.82) is 0 Å². The number of carbonyl (C=O) groups is 1. The zero-order valence-electron chi connectivity index (χ0n) is 32.1. The number of fused-ring (bicyclic) bond motifs is 3. The van der Waals surface area contributed by atoms with Crippen LogP contribution < -0.4 is 10.0 Å². The number of hydrogen-bond donors (Lipinski definition) is 2. The van der Waals surface area contributed by atoms with Crippen LogP contribution in [-0.4, -0.2) is 72.6 Å². The molecule has 0 bridgehead atoms. The Bertz CT molecular complexity index is 2470. The van der Waals surface area contributed by atoms with Crippen LogP contribution in [0.3, 0.4) is 0 Å². The number of hydrogen-bond acceptors (Lipinski definition) is 9. The van der Waals surface area contributed by atoms with E-state index < -0.39 is 26.5 Å². The number of nitrogens with one attached hydrogen (secondary N) is 2. The highest BCUT2D eigenvalue weighted by Gasteiger charge is 2.26. The quantitative estimate of drug-likeness (QED) is 0.0592. The van der Waals surface area contributed by atoms with Gasteiger partial charge in [0.2, 0.25) is 0 Å². The van der Waals surface area contributed by atoms with E-state index in [-0.39, 0.29) is 47.0 Å². The Hall–Kier alpha value is -4.89. The van der Waals surface area contributed by atoms with Crippen molar-refractivity contribution in [1.82, 2.24) is 19.1 Å². The van der Waals surface area contributed by atoms with Crippen molar-refractivity contribution in [2.75, 3.05) is 38.3 Å². The number of nitrogens with zero attached hydrogens (tertiary/aromatic N) is 4. The number of nitro groups is 1. The van der Waals surface area contributed by atoms with Crippen molar-refractivity contribution < 1.29 is 18.1 Å². The first-order valence-electron chi connectivity index (χ1n) is 18.5. The fraction of sp³-hybridized carbons (Fsp3) is 0.233. The van der Waals surface area contributed by atoms with E-state index in [2.05, 4.69) is 62.0 Å². The van der Waals surface area contributed by atoms with Crippen LogP contribution in [0.2, 0.25) is 0 Å².